The lowest BCUT2D eigenvalue weighted by molar-refractivity contribution is -0.156. The van der Waals surface area contributed by atoms with Crippen molar-refractivity contribution in [1.29, 1.82) is 0 Å². The topological polar surface area (TPSA) is 114 Å². The molecule has 0 radical (unpaired) electrons. The summed E-state index contributed by atoms with van der Waals surface area (Å²) in [5.74, 6) is -0.751. The third kappa shape index (κ3) is 33.2. The lowest BCUT2D eigenvalue weighted by atomic mass is 10.0. The fourth-order valence-corrected chi connectivity index (χ4v) is 7.80. The van der Waals surface area contributed by atoms with Gasteiger partial charge in [-0.2, -0.15) is 0 Å². The lowest BCUT2D eigenvalue weighted by Crippen LogP contribution is -2.44. The predicted molar refractivity (Wildman–Crippen MR) is 242 cm³/mol. The molecule has 1 fully saturated rings. The Morgan fingerprint density at radius 1 is 0.492 bits per heavy atom. The highest BCUT2D eigenvalue weighted by molar-refractivity contribution is 5.83. The minimum atomic E-state index is -0.513. The molecule has 0 aliphatic carbocycles. The Balaban J connectivity index is 2.47. The van der Waals surface area contributed by atoms with Crippen LogP contribution in [0.1, 0.15) is 221 Å². The summed E-state index contributed by atoms with van der Waals surface area (Å²) in [5, 5.41) is 2.99. The number of unbranched alkanes of at least 4 members (excludes halogenated alkanes) is 24. The molecule has 0 spiro atoms. The van der Waals surface area contributed by atoms with Crippen LogP contribution in [0.4, 0.5) is 0 Å². The van der Waals surface area contributed by atoms with Gasteiger partial charge in [0.25, 0.3) is 0 Å². The molecule has 0 aromatic rings. The Morgan fingerprint density at radius 3 is 1.22 bits per heavy atom. The number of ether oxygens (including phenoxy) is 3. The molecular formula is C49H93N3O7. The Hall–Kier alpha value is -2.20. The number of nitrogens with zero attached hydrogens (tertiary/aromatic N) is 2. The normalized spacial score (nSPS) is 13.8. The monoisotopic (exact) mass is 836 g/mol. The van der Waals surface area contributed by atoms with E-state index >= 15 is 0 Å². The maximum atomic E-state index is 13.5. The average Bonchev–Trinajstić information content (AvgIpc) is 3.44. The van der Waals surface area contributed by atoms with Gasteiger partial charge in [-0.05, 0) is 33.6 Å². The second kappa shape index (κ2) is 37.6. The summed E-state index contributed by atoms with van der Waals surface area (Å²) in [5.41, 5.74) is -0.513. The van der Waals surface area contributed by atoms with Crippen molar-refractivity contribution in [2.75, 3.05) is 59.2 Å². The van der Waals surface area contributed by atoms with Crippen LogP contribution in [-0.4, -0.2) is 98.2 Å². The van der Waals surface area contributed by atoms with Crippen molar-refractivity contribution in [3.8, 4) is 0 Å². The van der Waals surface area contributed by atoms with Gasteiger partial charge in [0.2, 0.25) is 17.7 Å². The van der Waals surface area contributed by atoms with E-state index in [1.165, 1.54) is 128 Å². The fraction of sp³-hybridized carbons (Fsp3) is 0.918. The second-order valence-electron chi connectivity index (χ2n) is 18.2. The van der Waals surface area contributed by atoms with E-state index in [4.69, 9.17) is 14.2 Å². The molecule has 0 aromatic heterocycles. The zero-order valence-corrected chi connectivity index (χ0v) is 39.2. The fourth-order valence-electron chi connectivity index (χ4n) is 7.80. The second-order valence-corrected chi connectivity index (χ2v) is 18.2. The maximum absolute atomic E-state index is 13.5. The van der Waals surface area contributed by atoms with Gasteiger partial charge in [-0.3, -0.25) is 19.2 Å². The van der Waals surface area contributed by atoms with E-state index in [0.29, 0.717) is 65.4 Å². The highest BCUT2D eigenvalue weighted by Gasteiger charge is 2.31. The number of rotatable bonds is 38. The van der Waals surface area contributed by atoms with E-state index in [1.54, 1.807) is 0 Å². The van der Waals surface area contributed by atoms with Crippen LogP contribution in [0.5, 0.6) is 0 Å². The van der Waals surface area contributed by atoms with Crippen LogP contribution in [0, 0.1) is 5.92 Å². The van der Waals surface area contributed by atoms with Crippen molar-refractivity contribution in [3.63, 3.8) is 0 Å². The van der Waals surface area contributed by atoms with E-state index in [9.17, 15) is 19.2 Å². The van der Waals surface area contributed by atoms with Crippen LogP contribution in [-0.2, 0) is 33.4 Å². The number of hydrogen-bond acceptors (Lipinski definition) is 7. The summed E-state index contributed by atoms with van der Waals surface area (Å²) in [7, 11) is 0. The van der Waals surface area contributed by atoms with Crippen LogP contribution in [0.2, 0.25) is 0 Å². The quantitative estimate of drug-likeness (QED) is 0.0486. The third-order valence-electron chi connectivity index (χ3n) is 11.4. The number of esters is 1. The van der Waals surface area contributed by atoms with Crippen molar-refractivity contribution in [2.45, 2.75) is 226 Å². The van der Waals surface area contributed by atoms with Crippen LogP contribution >= 0.6 is 0 Å². The molecule has 10 nitrogen and oxygen atoms in total. The molecule has 1 rings (SSSR count). The molecule has 3 amide bonds. The smallest absolute Gasteiger partial charge is 0.308 e. The minimum Gasteiger partial charge on any atom is -0.460 e. The van der Waals surface area contributed by atoms with Crippen molar-refractivity contribution >= 4 is 23.7 Å². The van der Waals surface area contributed by atoms with E-state index in [1.807, 2.05) is 30.6 Å². The van der Waals surface area contributed by atoms with Gasteiger partial charge < -0.3 is 29.3 Å². The van der Waals surface area contributed by atoms with Gasteiger partial charge in [0, 0.05) is 45.6 Å². The third-order valence-corrected chi connectivity index (χ3v) is 11.4. The summed E-state index contributed by atoms with van der Waals surface area (Å²) >= 11 is 0. The van der Waals surface area contributed by atoms with Crippen molar-refractivity contribution < 1.29 is 33.4 Å². The highest BCUT2D eigenvalue weighted by Crippen LogP contribution is 2.18. The Bertz CT molecular complexity index is 997. The number of amides is 3. The molecule has 0 unspecified atom stereocenters. The van der Waals surface area contributed by atoms with Gasteiger partial charge in [-0.1, -0.05) is 168 Å². The van der Waals surface area contributed by atoms with Crippen molar-refractivity contribution in [2.24, 2.45) is 5.92 Å². The molecule has 0 saturated carbocycles. The molecule has 1 aliphatic rings. The van der Waals surface area contributed by atoms with E-state index < -0.39 is 11.5 Å². The predicted octanol–water partition coefficient (Wildman–Crippen LogP) is 11.1. The van der Waals surface area contributed by atoms with E-state index in [0.717, 1.165) is 38.5 Å². The molecule has 0 aromatic carbocycles. The Morgan fingerprint density at radius 2 is 0.847 bits per heavy atom. The SMILES string of the molecule is CCCCCCCCCCCCCCCC(=O)N1CCN(C(=O)CCCCCCCCCCCCCCC)CC(C(=O)NCCOCCOCCC(=O)OC(C)(C)C)C1. The molecule has 59 heavy (non-hydrogen) atoms. The maximum Gasteiger partial charge on any atom is 0.308 e. The van der Waals surface area contributed by atoms with Gasteiger partial charge in [-0.25, -0.2) is 0 Å². The molecule has 1 N–H and O–H groups in total. The molecule has 0 bridgehead atoms. The first kappa shape index (κ1) is 54.8. The minimum absolute atomic E-state index is 0.0895. The molecule has 1 heterocycles. The van der Waals surface area contributed by atoms with Gasteiger partial charge in [0.1, 0.15) is 5.60 Å². The van der Waals surface area contributed by atoms with Crippen LogP contribution in [0.3, 0.4) is 0 Å². The summed E-state index contributed by atoms with van der Waals surface area (Å²) < 4.78 is 16.4. The number of carbonyl (C=O) groups is 4. The molecule has 10 heteroatoms. The number of carbonyl (C=O) groups excluding carboxylic acids is 4. The largest absolute Gasteiger partial charge is 0.460 e. The van der Waals surface area contributed by atoms with Gasteiger partial charge in [0.15, 0.2) is 0 Å². The van der Waals surface area contributed by atoms with Crippen molar-refractivity contribution in [3.05, 3.63) is 0 Å². The van der Waals surface area contributed by atoms with Crippen LogP contribution in [0.25, 0.3) is 0 Å². The van der Waals surface area contributed by atoms with E-state index in [-0.39, 0.29) is 36.7 Å². The van der Waals surface area contributed by atoms with Crippen molar-refractivity contribution in [1.82, 2.24) is 15.1 Å². The summed E-state index contributed by atoms with van der Waals surface area (Å²) in [6, 6.07) is 0. The van der Waals surface area contributed by atoms with Crippen LogP contribution in [0.15, 0.2) is 0 Å². The van der Waals surface area contributed by atoms with Gasteiger partial charge >= 0.3 is 5.97 Å². The zero-order valence-electron chi connectivity index (χ0n) is 39.2. The average molecular weight is 836 g/mol. The van der Waals surface area contributed by atoms with Crippen LogP contribution < -0.4 is 5.32 Å². The van der Waals surface area contributed by atoms with E-state index in [2.05, 4.69) is 19.2 Å². The first-order valence-electron chi connectivity index (χ1n) is 24.8. The Kier molecular flexibility index (Phi) is 34.9. The Labute approximate surface area is 362 Å². The molecule has 1 saturated heterocycles. The molecular weight excluding hydrogens is 743 g/mol. The summed E-state index contributed by atoms with van der Waals surface area (Å²) in [6.45, 7) is 13.2. The summed E-state index contributed by atoms with van der Waals surface area (Å²) in [4.78, 5) is 55.9. The highest BCUT2D eigenvalue weighted by atomic mass is 16.6. The first-order chi connectivity index (χ1) is 28.6. The lowest BCUT2D eigenvalue weighted by Gasteiger charge is -2.24. The molecule has 0 atom stereocenters. The summed E-state index contributed by atoms with van der Waals surface area (Å²) in [6.07, 6.45) is 34.0. The zero-order chi connectivity index (χ0) is 43.2. The standard InChI is InChI=1S/C49H93N3O7/c1-6-8-10-12-14-16-18-20-22-24-26-28-30-32-45(53)51-36-37-52(46(54)33-31-29-27-25-23-21-19-17-15-13-11-9-7-2)43-44(42-51)48(56)50-35-39-58-41-40-57-38-34-47(55)59-49(3,4)5/h44H,6-43H2,1-5H3,(H,50,56). The molecule has 346 valence electrons. The molecule has 1 aliphatic heterocycles. The first-order valence-corrected chi connectivity index (χ1v) is 24.8. The van der Waals surface area contributed by atoms with Gasteiger partial charge in [0.05, 0.1) is 38.8 Å². The van der Waals surface area contributed by atoms with Gasteiger partial charge in [-0.15, -0.1) is 0 Å². The number of hydrogen-bond donors (Lipinski definition) is 1. The number of nitrogens with one attached hydrogen (secondary N) is 1.